The lowest BCUT2D eigenvalue weighted by atomic mass is 9.78. The lowest BCUT2D eigenvalue weighted by Crippen LogP contribution is -2.41. The fraction of sp³-hybridized carbons (Fsp3) is 0.273. The molecule has 8 heteroatoms. The number of anilines is 2. The lowest BCUT2D eigenvalue weighted by Gasteiger charge is -2.32. The maximum absolute atomic E-state index is 6.14. The van der Waals surface area contributed by atoms with E-state index in [0.717, 1.165) is 22.3 Å². The van der Waals surface area contributed by atoms with Crippen LogP contribution in [0.3, 0.4) is 0 Å². The van der Waals surface area contributed by atoms with Crippen LogP contribution in [0.2, 0.25) is 0 Å². The lowest BCUT2D eigenvalue weighted by molar-refractivity contribution is 0.00578. The smallest absolute Gasteiger partial charge is 0.399 e. The topological polar surface area (TPSA) is 81.8 Å². The summed E-state index contributed by atoms with van der Waals surface area (Å²) in [6, 6.07) is 15.8. The summed E-state index contributed by atoms with van der Waals surface area (Å²) in [6.07, 6.45) is 1.69. The number of benzene rings is 2. The average molecular weight is 420 g/mol. The van der Waals surface area contributed by atoms with Gasteiger partial charge in [0.2, 0.25) is 5.13 Å². The molecule has 0 spiro atoms. The molecule has 0 bridgehead atoms. The van der Waals surface area contributed by atoms with Crippen molar-refractivity contribution in [3.05, 3.63) is 59.5 Å². The second kappa shape index (κ2) is 7.87. The number of hydrogen-bond donors (Lipinski definition) is 2. The van der Waals surface area contributed by atoms with Crippen molar-refractivity contribution in [2.45, 2.75) is 38.9 Å². The molecule has 154 valence electrons. The van der Waals surface area contributed by atoms with Gasteiger partial charge in [-0.3, -0.25) is 5.43 Å². The number of aromatic nitrogens is 1. The van der Waals surface area contributed by atoms with Gasteiger partial charge in [-0.25, -0.2) is 4.98 Å². The van der Waals surface area contributed by atoms with Crippen LogP contribution in [0.1, 0.15) is 33.3 Å². The fourth-order valence-corrected chi connectivity index (χ4v) is 3.72. The SMILES string of the molecule is CC1(C)OB(c2ccc(N)c(C=NNc3nc(-c4ccccc4)cs3)c2)OC1(C)C. The number of nitrogens with zero attached hydrogens (tertiary/aromatic N) is 2. The summed E-state index contributed by atoms with van der Waals surface area (Å²) < 4.78 is 12.3. The molecule has 0 saturated carbocycles. The summed E-state index contributed by atoms with van der Waals surface area (Å²) in [5.41, 5.74) is 12.7. The van der Waals surface area contributed by atoms with Crippen molar-refractivity contribution in [1.82, 2.24) is 4.98 Å². The Hall–Kier alpha value is -2.68. The van der Waals surface area contributed by atoms with Crippen LogP contribution < -0.4 is 16.6 Å². The van der Waals surface area contributed by atoms with Crippen LogP contribution in [0.4, 0.5) is 10.8 Å². The molecule has 3 N–H and O–H groups in total. The molecule has 1 aliphatic rings. The molecule has 6 nitrogen and oxygen atoms in total. The van der Waals surface area contributed by atoms with Gasteiger partial charge in [-0.05, 0) is 39.2 Å². The minimum absolute atomic E-state index is 0.393. The molecule has 1 aliphatic heterocycles. The zero-order chi connectivity index (χ0) is 21.4. The Morgan fingerprint density at radius 2 is 1.77 bits per heavy atom. The minimum atomic E-state index is -0.442. The molecule has 2 aromatic carbocycles. The van der Waals surface area contributed by atoms with Gasteiger partial charge in [0, 0.05) is 22.2 Å². The number of thiazole rings is 1. The van der Waals surface area contributed by atoms with Gasteiger partial charge in [0.15, 0.2) is 0 Å². The number of nitrogens with one attached hydrogen (secondary N) is 1. The van der Waals surface area contributed by atoms with Crippen LogP contribution in [-0.2, 0) is 9.31 Å². The molecular formula is C22H25BN4O2S. The summed E-state index contributed by atoms with van der Waals surface area (Å²) in [5.74, 6) is 0. The summed E-state index contributed by atoms with van der Waals surface area (Å²) >= 11 is 1.50. The predicted molar refractivity (Wildman–Crippen MR) is 125 cm³/mol. The molecule has 30 heavy (non-hydrogen) atoms. The van der Waals surface area contributed by atoms with Gasteiger partial charge in [0.25, 0.3) is 0 Å². The third kappa shape index (κ3) is 4.12. The number of hydrazone groups is 1. The van der Waals surface area contributed by atoms with E-state index in [1.165, 1.54) is 11.3 Å². The van der Waals surface area contributed by atoms with Crippen LogP contribution in [0.15, 0.2) is 59.0 Å². The van der Waals surface area contributed by atoms with Crippen LogP contribution in [0.25, 0.3) is 11.3 Å². The van der Waals surface area contributed by atoms with Crippen molar-refractivity contribution in [2.24, 2.45) is 5.10 Å². The van der Waals surface area contributed by atoms with E-state index in [0.29, 0.717) is 10.8 Å². The van der Waals surface area contributed by atoms with Gasteiger partial charge < -0.3 is 15.0 Å². The fourth-order valence-electron chi connectivity index (χ4n) is 3.05. The van der Waals surface area contributed by atoms with Crippen molar-refractivity contribution in [1.29, 1.82) is 0 Å². The van der Waals surface area contributed by atoms with E-state index in [1.807, 2.05) is 81.6 Å². The number of nitrogen functional groups attached to an aromatic ring is 1. The Morgan fingerprint density at radius 3 is 2.47 bits per heavy atom. The van der Waals surface area contributed by atoms with Crippen LogP contribution in [0.5, 0.6) is 0 Å². The first kappa shape index (κ1) is 20.6. The highest BCUT2D eigenvalue weighted by atomic mass is 32.1. The van der Waals surface area contributed by atoms with Crippen LogP contribution in [-0.4, -0.2) is 29.5 Å². The first-order valence-electron chi connectivity index (χ1n) is 9.80. The van der Waals surface area contributed by atoms with Crippen molar-refractivity contribution in [2.75, 3.05) is 11.2 Å². The molecule has 1 saturated heterocycles. The van der Waals surface area contributed by atoms with E-state index < -0.39 is 18.3 Å². The number of nitrogens with two attached hydrogens (primary N) is 1. The predicted octanol–water partition coefficient (Wildman–Crippen LogP) is 4.14. The van der Waals surface area contributed by atoms with Gasteiger partial charge in [0.1, 0.15) is 0 Å². The van der Waals surface area contributed by atoms with Crippen LogP contribution in [0, 0.1) is 0 Å². The Balaban J connectivity index is 1.47. The molecular weight excluding hydrogens is 395 g/mol. The van der Waals surface area contributed by atoms with Gasteiger partial charge in [-0.1, -0.05) is 42.5 Å². The first-order valence-corrected chi connectivity index (χ1v) is 10.7. The monoisotopic (exact) mass is 420 g/mol. The Morgan fingerprint density at radius 1 is 1.07 bits per heavy atom. The molecule has 0 aliphatic carbocycles. The zero-order valence-electron chi connectivity index (χ0n) is 17.5. The minimum Gasteiger partial charge on any atom is -0.399 e. The van der Waals surface area contributed by atoms with Crippen molar-refractivity contribution < 1.29 is 9.31 Å². The second-order valence-corrected chi connectivity index (χ2v) is 9.11. The first-order chi connectivity index (χ1) is 14.2. The second-order valence-electron chi connectivity index (χ2n) is 8.25. The maximum Gasteiger partial charge on any atom is 0.494 e. The third-order valence-electron chi connectivity index (χ3n) is 5.57. The van der Waals surface area contributed by atoms with Gasteiger partial charge in [-0.15, -0.1) is 11.3 Å². The molecule has 1 fully saturated rings. The Bertz CT molecular complexity index is 1050. The Labute approximate surface area is 181 Å². The molecule has 2 heterocycles. The highest BCUT2D eigenvalue weighted by molar-refractivity contribution is 7.14. The van der Waals surface area contributed by atoms with E-state index in [2.05, 4.69) is 15.5 Å². The highest BCUT2D eigenvalue weighted by Crippen LogP contribution is 2.36. The van der Waals surface area contributed by atoms with Gasteiger partial charge in [-0.2, -0.15) is 5.10 Å². The van der Waals surface area contributed by atoms with Crippen LogP contribution >= 0.6 is 11.3 Å². The Kier molecular flexibility index (Phi) is 5.40. The molecule has 3 aromatic rings. The summed E-state index contributed by atoms with van der Waals surface area (Å²) in [4.78, 5) is 4.57. The molecule has 0 radical (unpaired) electrons. The van der Waals surface area contributed by atoms with Crippen molar-refractivity contribution in [3.63, 3.8) is 0 Å². The molecule has 0 unspecified atom stereocenters. The molecule has 0 amide bonds. The van der Waals surface area contributed by atoms with E-state index in [-0.39, 0.29) is 0 Å². The molecule has 0 atom stereocenters. The number of hydrogen-bond acceptors (Lipinski definition) is 7. The van der Waals surface area contributed by atoms with Gasteiger partial charge >= 0.3 is 7.12 Å². The van der Waals surface area contributed by atoms with E-state index in [4.69, 9.17) is 15.0 Å². The third-order valence-corrected chi connectivity index (χ3v) is 6.32. The van der Waals surface area contributed by atoms with E-state index >= 15 is 0 Å². The van der Waals surface area contributed by atoms with Gasteiger partial charge in [0.05, 0.1) is 23.1 Å². The standard InChI is InChI=1S/C22H25BN4O2S/c1-21(2)22(3,4)29-23(28-21)17-10-11-18(24)16(12-17)13-25-27-20-26-19(14-30-20)15-8-6-5-7-9-15/h5-14H,24H2,1-4H3,(H,26,27). The normalized spacial score (nSPS) is 17.5. The molecule has 4 rings (SSSR count). The van der Waals surface area contributed by atoms with E-state index in [1.54, 1.807) is 6.21 Å². The zero-order valence-corrected chi connectivity index (χ0v) is 18.4. The average Bonchev–Trinajstić information content (AvgIpc) is 3.26. The van der Waals surface area contributed by atoms with Crippen molar-refractivity contribution in [3.8, 4) is 11.3 Å². The quantitative estimate of drug-likeness (QED) is 0.281. The maximum atomic E-state index is 6.14. The number of rotatable bonds is 5. The van der Waals surface area contributed by atoms with Crippen molar-refractivity contribution >= 4 is 41.0 Å². The summed E-state index contributed by atoms with van der Waals surface area (Å²) in [7, 11) is -0.442. The largest absolute Gasteiger partial charge is 0.494 e. The molecule has 1 aromatic heterocycles. The summed E-state index contributed by atoms with van der Waals surface area (Å²) in [6.45, 7) is 8.14. The van der Waals surface area contributed by atoms with E-state index in [9.17, 15) is 0 Å². The highest BCUT2D eigenvalue weighted by Gasteiger charge is 2.51. The summed E-state index contributed by atoms with van der Waals surface area (Å²) in [5, 5.41) is 7.03.